The van der Waals surface area contributed by atoms with Crippen molar-refractivity contribution in [3.63, 3.8) is 0 Å². The van der Waals surface area contributed by atoms with Crippen LogP contribution in [0, 0.1) is 0 Å². The molecule has 1 rings (SSSR count). The molecular weight excluding hydrogens is 160 g/mol. The number of piperazine rings is 1. The summed E-state index contributed by atoms with van der Waals surface area (Å²) in [6.07, 6.45) is 2.45. The molecule has 1 saturated heterocycles. The molecule has 0 radical (unpaired) electrons. The van der Waals surface area contributed by atoms with Crippen LogP contribution in [-0.2, 0) is 0 Å². The number of rotatable bonds is 2. The molecule has 0 aromatic heterocycles. The van der Waals surface area contributed by atoms with Crippen molar-refractivity contribution in [3.8, 4) is 0 Å². The molecule has 2 nitrogen and oxygen atoms in total. The van der Waals surface area contributed by atoms with E-state index in [0.29, 0.717) is 11.1 Å². The van der Waals surface area contributed by atoms with Crippen LogP contribution >= 0.6 is 0 Å². The van der Waals surface area contributed by atoms with Gasteiger partial charge in [-0.1, -0.05) is 13.8 Å². The molecule has 0 aliphatic carbocycles. The Balaban J connectivity index is 2.68. The summed E-state index contributed by atoms with van der Waals surface area (Å²) in [4.78, 5) is 2.48. The van der Waals surface area contributed by atoms with Gasteiger partial charge in [0.15, 0.2) is 0 Å². The lowest BCUT2D eigenvalue weighted by atomic mass is 9.85. The predicted octanol–water partition coefficient (Wildman–Crippen LogP) is 1.86. The molecule has 0 amide bonds. The third kappa shape index (κ3) is 2.05. The summed E-state index contributed by atoms with van der Waals surface area (Å²) in [5.74, 6) is 0. The highest BCUT2D eigenvalue weighted by Gasteiger charge is 2.38. The second kappa shape index (κ2) is 3.58. The molecule has 78 valence electrons. The summed E-state index contributed by atoms with van der Waals surface area (Å²) in [5, 5.41) is 3.71. The van der Waals surface area contributed by atoms with Crippen LogP contribution in [0.4, 0.5) is 0 Å². The Morgan fingerprint density at radius 3 is 2.15 bits per heavy atom. The Labute approximate surface area is 82.7 Å². The smallest absolute Gasteiger partial charge is 0.0304 e. The zero-order chi connectivity index (χ0) is 10.1. The molecule has 0 saturated carbocycles. The number of likely N-dealkylation sites (N-methyl/N-ethyl adjacent to an activating group) is 1. The second-order valence-corrected chi connectivity index (χ2v) is 5.01. The van der Waals surface area contributed by atoms with Crippen LogP contribution in [0.25, 0.3) is 0 Å². The molecule has 13 heavy (non-hydrogen) atoms. The molecule has 1 heterocycles. The molecule has 0 unspecified atom stereocenters. The molecule has 1 fully saturated rings. The third-order valence-corrected chi connectivity index (χ3v) is 3.82. The Kier molecular flexibility index (Phi) is 3.03. The molecule has 1 aliphatic rings. The van der Waals surface area contributed by atoms with Gasteiger partial charge in [0.05, 0.1) is 0 Å². The minimum atomic E-state index is 0.313. The Bertz CT molecular complexity index is 171. The molecule has 2 heteroatoms. The summed E-state index contributed by atoms with van der Waals surface area (Å²) >= 11 is 0. The average Bonchev–Trinajstić information content (AvgIpc) is 2.11. The highest BCUT2D eigenvalue weighted by molar-refractivity contribution is 4.99. The maximum atomic E-state index is 3.71. The maximum absolute atomic E-state index is 3.71. The quantitative estimate of drug-likeness (QED) is 0.704. The molecular formula is C11H24N2. The number of nitrogens with zero attached hydrogens (tertiary/aromatic N) is 1. The van der Waals surface area contributed by atoms with Crippen LogP contribution in [0.2, 0.25) is 0 Å². The van der Waals surface area contributed by atoms with E-state index in [9.17, 15) is 0 Å². The first-order valence-corrected chi connectivity index (χ1v) is 5.42. The van der Waals surface area contributed by atoms with Gasteiger partial charge in [-0.15, -0.1) is 0 Å². The van der Waals surface area contributed by atoms with Crippen molar-refractivity contribution in [1.82, 2.24) is 10.2 Å². The van der Waals surface area contributed by atoms with Crippen LogP contribution < -0.4 is 5.32 Å². The van der Waals surface area contributed by atoms with Crippen molar-refractivity contribution >= 4 is 0 Å². The minimum Gasteiger partial charge on any atom is -0.308 e. The first-order valence-electron chi connectivity index (χ1n) is 5.42. The molecule has 0 aromatic carbocycles. The second-order valence-electron chi connectivity index (χ2n) is 5.01. The monoisotopic (exact) mass is 184 g/mol. The molecule has 1 aliphatic heterocycles. The Morgan fingerprint density at radius 2 is 1.77 bits per heavy atom. The molecule has 0 atom stereocenters. The zero-order valence-corrected chi connectivity index (χ0v) is 9.78. The predicted molar refractivity (Wildman–Crippen MR) is 58.0 cm³/mol. The average molecular weight is 184 g/mol. The number of nitrogens with one attached hydrogen (secondary N) is 1. The fourth-order valence-electron chi connectivity index (χ4n) is 1.99. The largest absolute Gasteiger partial charge is 0.308 e. The van der Waals surface area contributed by atoms with Gasteiger partial charge in [0, 0.05) is 24.2 Å². The number of hydrogen-bond acceptors (Lipinski definition) is 2. The van der Waals surface area contributed by atoms with Gasteiger partial charge < -0.3 is 5.32 Å². The standard InChI is InChI=1S/C11H24N2/c1-6-11(7-2)9-13(5)10(3,4)8-12-11/h12H,6-9H2,1-5H3. The summed E-state index contributed by atoms with van der Waals surface area (Å²) < 4.78 is 0. The van der Waals surface area contributed by atoms with Gasteiger partial charge in [-0.3, -0.25) is 4.90 Å². The van der Waals surface area contributed by atoms with Crippen molar-refractivity contribution in [2.45, 2.75) is 51.6 Å². The van der Waals surface area contributed by atoms with Crippen LogP contribution in [0.3, 0.4) is 0 Å². The van der Waals surface area contributed by atoms with Gasteiger partial charge in [-0.25, -0.2) is 0 Å². The topological polar surface area (TPSA) is 15.3 Å². The highest BCUT2D eigenvalue weighted by atomic mass is 15.3. The summed E-state index contributed by atoms with van der Waals surface area (Å²) in [6, 6.07) is 0. The van der Waals surface area contributed by atoms with Gasteiger partial charge in [0.25, 0.3) is 0 Å². The fourth-order valence-corrected chi connectivity index (χ4v) is 1.99. The highest BCUT2D eigenvalue weighted by Crippen LogP contribution is 2.26. The van der Waals surface area contributed by atoms with E-state index in [2.05, 4.69) is 45.0 Å². The third-order valence-electron chi connectivity index (χ3n) is 3.82. The van der Waals surface area contributed by atoms with Crippen LogP contribution in [0.1, 0.15) is 40.5 Å². The van der Waals surface area contributed by atoms with Crippen molar-refractivity contribution in [3.05, 3.63) is 0 Å². The zero-order valence-electron chi connectivity index (χ0n) is 9.78. The van der Waals surface area contributed by atoms with Gasteiger partial charge in [-0.2, -0.15) is 0 Å². The van der Waals surface area contributed by atoms with Gasteiger partial charge in [0.2, 0.25) is 0 Å². The van der Waals surface area contributed by atoms with Crippen LogP contribution in [-0.4, -0.2) is 36.1 Å². The normalized spacial score (nSPS) is 27.5. The van der Waals surface area contributed by atoms with Crippen molar-refractivity contribution in [2.24, 2.45) is 0 Å². The summed E-state index contributed by atoms with van der Waals surface area (Å²) in [6.45, 7) is 11.4. The fraction of sp³-hybridized carbons (Fsp3) is 1.00. The molecule has 1 N–H and O–H groups in total. The minimum absolute atomic E-state index is 0.313. The molecule has 0 aromatic rings. The summed E-state index contributed by atoms with van der Waals surface area (Å²) in [7, 11) is 2.24. The Morgan fingerprint density at radius 1 is 1.23 bits per heavy atom. The Hall–Kier alpha value is -0.0800. The van der Waals surface area contributed by atoms with Crippen molar-refractivity contribution in [1.29, 1.82) is 0 Å². The lowest BCUT2D eigenvalue weighted by Gasteiger charge is -2.50. The lowest BCUT2D eigenvalue weighted by Crippen LogP contribution is -2.66. The van der Waals surface area contributed by atoms with E-state index in [1.165, 1.54) is 19.4 Å². The van der Waals surface area contributed by atoms with Crippen LogP contribution in [0.15, 0.2) is 0 Å². The van der Waals surface area contributed by atoms with Crippen LogP contribution in [0.5, 0.6) is 0 Å². The first-order chi connectivity index (χ1) is 5.96. The first kappa shape index (κ1) is 11.0. The maximum Gasteiger partial charge on any atom is 0.0304 e. The van der Waals surface area contributed by atoms with Gasteiger partial charge in [0.1, 0.15) is 0 Å². The van der Waals surface area contributed by atoms with E-state index < -0.39 is 0 Å². The van der Waals surface area contributed by atoms with Crippen molar-refractivity contribution < 1.29 is 0 Å². The van der Waals surface area contributed by atoms with E-state index in [1.807, 2.05) is 0 Å². The van der Waals surface area contributed by atoms with E-state index in [0.717, 1.165) is 6.54 Å². The van der Waals surface area contributed by atoms with E-state index >= 15 is 0 Å². The van der Waals surface area contributed by atoms with Crippen molar-refractivity contribution in [2.75, 3.05) is 20.1 Å². The molecule has 0 spiro atoms. The van der Waals surface area contributed by atoms with Gasteiger partial charge >= 0.3 is 0 Å². The molecule has 0 bridgehead atoms. The lowest BCUT2D eigenvalue weighted by molar-refractivity contribution is 0.0449. The summed E-state index contributed by atoms with van der Waals surface area (Å²) in [5.41, 5.74) is 0.679. The van der Waals surface area contributed by atoms with E-state index in [4.69, 9.17) is 0 Å². The van der Waals surface area contributed by atoms with E-state index in [1.54, 1.807) is 0 Å². The van der Waals surface area contributed by atoms with Gasteiger partial charge in [-0.05, 0) is 33.7 Å². The SMILES string of the molecule is CCC1(CC)CN(C)C(C)(C)CN1. The number of hydrogen-bond donors (Lipinski definition) is 1. The van der Waals surface area contributed by atoms with E-state index in [-0.39, 0.29) is 0 Å².